The normalized spacial score (nSPS) is 27.5. The summed E-state index contributed by atoms with van der Waals surface area (Å²) in [4.78, 5) is 13.7. The van der Waals surface area contributed by atoms with E-state index in [1.807, 2.05) is 4.90 Å². The van der Waals surface area contributed by atoms with Gasteiger partial charge in [-0.05, 0) is 25.7 Å². The van der Waals surface area contributed by atoms with Gasteiger partial charge in [-0.1, -0.05) is 13.8 Å². The molecule has 1 saturated heterocycles. The summed E-state index contributed by atoms with van der Waals surface area (Å²) in [6, 6.07) is 2.06. The zero-order valence-electron chi connectivity index (χ0n) is 9.37. The first kappa shape index (κ1) is 11.0. The van der Waals surface area contributed by atoms with Crippen molar-refractivity contribution in [3.8, 4) is 6.07 Å². The van der Waals surface area contributed by atoms with Crippen LogP contribution in [-0.4, -0.2) is 23.9 Å². The van der Waals surface area contributed by atoms with Crippen molar-refractivity contribution in [2.45, 2.75) is 27.7 Å². The van der Waals surface area contributed by atoms with Crippen molar-refractivity contribution in [3.05, 3.63) is 0 Å². The quantitative estimate of drug-likeness (QED) is 0.637. The van der Waals surface area contributed by atoms with E-state index in [9.17, 15) is 4.79 Å². The number of carbonyl (C=O) groups is 1. The van der Waals surface area contributed by atoms with Crippen LogP contribution in [0.5, 0.6) is 0 Å². The molecule has 0 aromatic rings. The smallest absolute Gasteiger partial charge is 0.242 e. The minimum absolute atomic E-state index is 0.0313. The molecule has 1 aliphatic rings. The molecule has 0 aromatic heterocycles. The fraction of sp³-hybridized carbons (Fsp3) is 0.818. The third-order valence-electron chi connectivity index (χ3n) is 3.09. The second-order valence-corrected chi connectivity index (χ2v) is 4.90. The molecule has 0 bridgehead atoms. The van der Waals surface area contributed by atoms with Crippen molar-refractivity contribution in [3.63, 3.8) is 0 Å². The Bertz CT molecular complexity index is 268. The van der Waals surface area contributed by atoms with Gasteiger partial charge in [-0.25, -0.2) is 0 Å². The molecule has 14 heavy (non-hydrogen) atoms. The number of nitriles is 1. The van der Waals surface area contributed by atoms with Crippen LogP contribution in [0, 0.1) is 28.6 Å². The zero-order chi connectivity index (χ0) is 10.9. The summed E-state index contributed by atoms with van der Waals surface area (Å²) >= 11 is 0. The Morgan fingerprint density at radius 1 is 1.36 bits per heavy atom. The number of nitrogens with zero attached hydrogens (tertiary/aromatic N) is 2. The fourth-order valence-corrected chi connectivity index (χ4v) is 1.74. The minimum Gasteiger partial charge on any atom is -0.341 e. The van der Waals surface area contributed by atoms with Gasteiger partial charge in [-0.15, -0.1) is 0 Å². The highest BCUT2D eigenvalue weighted by molar-refractivity contribution is 5.84. The molecule has 1 aliphatic heterocycles. The van der Waals surface area contributed by atoms with Gasteiger partial charge in [0.2, 0.25) is 5.91 Å². The molecule has 1 amide bonds. The Labute approximate surface area is 85.7 Å². The largest absolute Gasteiger partial charge is 0.341 e. The summed E-state index contributed by atoms with van der Waals surface area (Å²) in [7, 11) is 0. The van der Waals surface area contributed by atoms with Crippen LogP contribution < -0.4 is 0 Å². The number of rotatable bonds is 1. The summed E-state index contributed by atoms with van der Waals surface area (Å²) in [5, 5.41) is 8.86. The molecule has 1 fully saturated rings. The molecule has 0 radical (unpaired) electrons. The van der Waals surface area contributed by atoms with E-state index >= 15 is 0 Å². The van der Waals surface area contributed by atoms with E-state index in [0.717, 1.165) is 13.1 Å². The third kappa shape index (κ3) is 1.89. The number of carbonyl (C=O) groups excluding carboxylic acids is 1. The van der Waals surface area contributed by atoms with E-state index in [1.165, 1.54) is 0 Å². The lowest BCUT2D eigenvalue weighted by atomic mass is 9.94. The molecule has 0 N–H and O–H groups in total. The average Bonchev–Trinajstić information content (AvgIpc) is 2.45. The Kier molecular flexibility index (Phi) is 2.84. The Morgan fingerprint density at radius 3 is 2.14 bits per heavy atom. The van der Waals surface area contributed by atoms with E-state index in [2.05, 4.69) is 19.9 Å². The van der Waals surface area contributed by atoms with Crippen LogP contribution in [0.25, 0.3) is 0 Å². The van der Waals surface area contributed by atoms with Crippen molar-refractivity contribution in [2.24, 2.45) is 17.3 Å². The van der Waals surface area contributed by atoms with Crippen LogP contribution in [0.3, 0.4) is 0 Å². The van der Waals surface area contributed by atoms with Gasteiger partial charge in [0.15, 0.2) is 0 Å². The van der Waals surface area contributed by atoms with E-state index in [0.29, 0.717) is 11.8 Å². The zero-order valence-corrected chi connectivity index (χ0v) is 9.37. The standard InChI is InChI=1S/C11H18N2O/c1-8-5-13(6-9(8)2)10(14)11(3,4)7-12/h8-9H,5-6H2,1-4H3. The molecule has 1 heterocycles. The van der Waals surface area contributed by atoms with Crippen molar-refractivity contribution < 1.29 is 4.79 Å². The Morgan fingerprint density at radius 2 is 1.79 bits per heavy atom. The average molecular weight is 194 g/mol. The highest BCUT2D eigenvalue weighted by Gasteiger charge is 2.37. The van der Waals surface area contributed by atoms with Gasteiger partial charge in [-0.2, -0.15) is 5.26 Å². The van der Waals surface area contributed by atoms with Gasteiger partial charge < -0.3 is 4.90 Å². The van der Waals surface area contributed by atoms with Crippen LogP contribution >= 0.6 is 0 Å². The summed E-state index contributed by atoms with van der Waals surface area (Å²) in [5.74, 6) is 1.07. The van der Waals surface area contributed by atoms with Crippen molar-refractivity contribution in [1.29, 1.82) is 5.26 Å². The highest BCUT2D eigenvalue weighted by atomic mass is 16.2. The predicted octanol–water partition coefficient (Wildman–Crippen LogP) is 1.65. The van der Waals surface area contributed by atoms with Crippen LogP contribution in [0.15, 0.2) is 0 Å². The lowest BCUT2D eigenvalue weighted by Crippen LogP contribution is -2.38. The second-order valence-electron chi connectivity index (χ2n) is 4.90. The van der Waals surface area contributed by atoms with Crippen LogP contribution in [0.1, 0.15) is 27.7 Å². The Balaban J connectivity index is 2.70. The molecule has 2 atom stereocenters. The number of hydrogen-bond donors (Lipinski definition) is 0. The van der Waals surface area contributed by atoms with E-state index in [1.54, 1.807) is 13.8 Å². The first-order valence-electron chi connectivity index (χ1n) is 5.09. The number of hydrogen-bond acceptors (Lipinski definition) is 2. The van der Waals surface area contributed by atoms with Crippen molar-refractivity contribution >= 4 is 5.91 Å². The maximum Gasteiger partial charge on any atom is 0.242 e. The lowest BCUT2D eigenvalue weighted by Gasteiger charge is -2.23. The summed E-state index contributed by atoms with van der Waals surface area (Å²) in [5.41, 5.74) is -0.871. The van der Waals surface area contributed by atoms with Crippen molar-refractivity contribution in [1.82, 2.24) is 4.90 Å². The molecule has 0 aliphatic carbocycles. The molecule has 3 heteroatoms. The van der Waals surface area contributed by atoms with E-state index < -0.39 is 5.41 Å². The van der Waals surface area contributed by atoms with Crippen LogP contribution in [-0.2, 0) is 4.79 Å². The molecule has 3 nitrogen and oxygen atoms in total. The molecular weight excluding hydrogens is 176 g/mol. The molecule has 2 unspecified atom stereocenters. The topological polar surface area (TPSA) is 44.1 Å². The third-order valence-corrected chi connectivity index (χ3v) is 3.09. The van der Waals surface area contributed by atoms with Crippen molar-refractivity contribution in [2.75, 3.05) is 13.1 Å². The van der Waals surface area contributed by atoms with Crippen LogP contribution in [0.4, 0.5) is 0 Å². The molecule has 0 saturated carbocycles. The van der Waals surface area contributed by atoms with Gasteiger partial charge >= 0.3 is 0 Å². The summed E-state index contributed by atoms with van der Waals surface area (Å²) in [6.45, 7) is 9.26. The van der Waals surface area contributed by atoms with Gasteiger partial charge in [0, 0.05) is 13.1 Å². The van der Waals surface area contributed by atoms with E-state index in [4.69, 9.17) is 5.26 Å². The lowest BCUT2D eigenvalue weighted by molar-refractivity contribution is -0.136. The number of likely N-dealkylation sites (tertiary alicyclic amines) is 1. The molecule has 0 aromatic carbocycles. The Hall–Kier alpha value is -1.04. The molecular formula is C11H18N2O. The summed E-state index contributed by atoms with van der Waals surface area (Å²) in [6.07, 6.45) is 0. The molecule has 0 spiro atoms. The maximum atomic E-state index is 11.9. The maximum absolute atomic E-state index is 11.9. The van der Waals surface area contributed by atoms with E-state index in [-0.39, 0.29) is 5.91 Å². The first-order chi connectivity index (χ1) is 6.38. The monoisotopic (exact) mass is 194 g/mol. The second kappa shape index (κ2) is 3.61. The first-order valence-corrected chi connectivity index (χ1v) is 5.09. The van der Waals surface area contributed by atoms with Gasteiger partial charge in [0.05, 0.1) is 6.07 Å². The fourth-order valence-electron chi connectivity index (χ4n) is 1.74. The SMILES string of the molecule is CC1CN(C(=O)C(C)(C)C#N)CC1C. The highest BCUT2D eigenvalue weighted by Crippen LogP contribution is 2.26. The van der Waals surface area contributed by atoms with Gasteiger partial charge in [0.1, 0.15) is 5.41 Å². The van der Waals surface area contributed by atoms with Crippen LogP contribution in [0.2, 0.25) is 0 Å². The summed E-state index contributed by atoms with van der Waals surface area (Å²) < 4.78 is 0. The molecule has 78 valence electrons. The molecule has 1 rings (SSSR count). The van der Waals surface area contributed by atoms with Gasteiger partial charge in [0.25, 0.3) is 0 Å². The van der Waals surface area contributed by atoms with Gasteiger partial charge in [-0.3, -0.25) is 4.79 Å². The minimum atomic E-state index is -0.871. The number of amides is 1. The predicted molar refractivity (Wildman–Crippen MR) is 54.3 cm³/mol.